The van der Waals surface area contributed by atoms with Gasteiger partial charge in [0.25, 0.3) is 5.91 Å². The van der Waals surface area contributed by atoms with Crippen LogP contribution in [0.5, 0.6) is 0 Å². The van der Waals surface area contributed by atoms with Crippen molar-refractivity contribution in [3.8, 4) is 0 Å². The number of carbonyl (C=O) groups is 1. The molecule has 1 amide bonds. The van der Waals surface area contributed by atoms with Crippen LogP contribution in [-0.4, -0.2) is 30.9 Å². The number of benzene rings is 1. The number of hydrogen-bond donors (Lipinski definition) is 2. The normalized spacial score (nSPS) is 10.6. The number of aromatic amines is 1. The maximum absolute atomic E-state index is 12.8. The van der Waals surface area contributed by atoms with Gasteiger partial charge >= 0.3 is 0 Å². The first kappa shape index (κ1) is 14.2. The molecule has 3 rings (SSSR count). The van der Waals surface area contributed by atoms with Crippen LogP contribution in [0.25, 0.3) is 0 Å². The van der Waals surface area contributed by atoms with E-state index in [9.17, 15) is 9.18 Å². The van der Waals surface area contributed by atoms with E-state index in [4.69, 9.17) is 11.6 Å². The zero-order valence-electron chi connectivity index (χ0n) is 11.1. The van der Waals surface area contributed by atoms with E-state index in [1.807, 2.05) is 0 Å². The molecule has 0 unspecified atom stereocenters. The largest absolute Gasteiger partial charge is 0.288 e. The average Bonchev–Trinajstić information content (AvgIpc) is 3.10. The van der Waals surface area contributed by atoms with Crippen molar-refractivity contribution in [2.75, 3.05) is 5.32 Å². The fraction of sp³-hybridized carbons (Fsp3) is 0.0769. The molecule has 2 N–H and O–H groups in total. The highest BCUT2D eigenvalue weighted by Gasteiger charge is 2.14. The number of anilines is 1. The molecule has 0 saturated heterocycles. The monoisotopic (exact) mass is 320 g/mol. The summed E-state index contributed by atoms with van der Waals surface area (Å²) in [4.78, 5) is 15.9. The maximum Gasteiger partial charge on any atom is 0.277 e. The molecule has 0 fully saturated rings. The second kappa shape index (κ2) is 5.94. The lowest BCUT2D eigenvalue weighted by molar-refractivity contribution is 0.102. The Bertz CT molecular complexity index is 797. The van der Waals surface area contributed by atoms with E-state index in [1.54, 1.807) is 12.1 Å². The molecule has 112 valence electrons. The molecular formula is C13H10ClFN6O. The van der Waals surface area contributed by atoms with Crippen LogP contribution < -0.4 is 5.32 Å². The molecule has 0 spiro atoms. The highest BCUT2D eigenvalue weighted by Crippen LogP contribution is 2.13. The molecule has 3 aromatic rings. The number of hydrogen-bond acceptors (Lipinski definition) is 4. The third kappa shape index (κ3) is 3.12. The quantitative estimate of drug-likeness (QED) is 0.770. The average molecular weight is 321 g/mol. The van der Waals surface area contributed by atoms with E-state index in [2.05, 4.69) is 25.6 Å². The van der Waals surface area contributed by atoms with Gasteiger partial charge in [-0.15, -0.1) is 5.10 Å². The Hall–Kier alpha value is -2.74. The van der Waals surface area contributed by atoms with Gasteiger partial charge in [-0.05, 0) is 17.7 Å². The third-order valence-electron chi connectivity index (χ3n) is 2.84. The van der Waals surface area contributed by atoms with Crippen LogP contribution in [0.15, 0.2) is 36.8 Å². The minimum Gasteiger partial charge on any atom is -0.288 e. The van der Waals surface area contributed by atoms with Crippen molar-refractivity contribution >= 4 is 23.5 Å². The Kier molecular flexibility index (Phi) is 3.84. The van der Waals surface area contributed by atoms with Crippen molar-refractivity contribution in [3.05, 3.63) is 58.9 Å². The predicted molar refractivity (Wildman–Crippen MR) is 77.1 cm³/mol. The standard InChI is InChI=1S/C13H10ClFN6O/c14-10-5-17-19-11(10)12(22)18-13-16-7-21(20-13)6-8-1-3-9(15)4-2-8/h1-5,7H,6H2,(H,17,19)(H,18,20,22). The molecule has 0 saturated carbocycles. The lowest BCUT2D eigenvalue weighted by Crippen LogP contribution is -2.14. The Labute approximate surface area is 129 Å². The van der Waals surface area contributed by atoms with E-state index in [-0.39, 0.29) is 22.5 Å². The van der Waals surface area contributed by atoms with Crippen molar-refractivity contribution in [3.63, 3.8) is 0 Å². The fourth-order valence-corrected chi connectivity index (χ4v) is 1.98. The number of nitrogens with zero attached hydrogens (tertiary/aromatic N) is 4. The van der Waals surface area contributed by atoms with Gasteiger partial charge in [-0.2, -0.15) is 5.10 Å². The van der Waals surface area contributed by atoms with Gasteiger partial charge < -0.3 is 0 Å². The summed E-state index contributed by atoms with van der Waals surface area (Å²) in [5, 5.41) is 13.0. The van der Waals surface area contributed by atoms with Crippen molar-refractivity contribution in [1.82, 2.24) is 25.0 Å². The van der Waals surface area contributed by atoms with Gasteiger partial charge in [-0.25, -0.2) is 14.1 Å². The minimum atomic E-state index is -0.484. The number of aromatic nitrogens is 5. The number of halogens is 2. The molecule has 0 aliphatic rings. The van der Waals surface area contributed by atoms with Crippen molar-refractivity contribution in [1.29, 1.82) is 0 Å². The first-order valence-electron chi connectivity index (χ1n) is 6.26. The number of H-pyrrole nitrogens is 1. The van der Waals surface area contributed by atoms with Gasteiger partial charge in [-0.3, -0.25) is 15.2 Å². The van der Waals surface area contributed by atoms with E-state index in [0.717, 1.165) is 5.56 Å². The van der Waals surface area contributed by atoms with Gasteiger partial charge in [0.2, 0.25) is 5.95 Å². The van der Waals surface area contributed by atoms with Gasteiger partial charge in [-0.1, -0.05) is 23.7 Å². The Morgan fingerprint density at radius 3 is 2.82 bits per heavy atom. The Morgan fingerprint density at radius 2 is 2.14 bits per heavy atom. The Morgan fingerprint density at radius 1 is 1.36 bits per heavy atom. The predicted octanol–water partition coefficient (Wildman–Crippen LogP) is 2.09. The molecule has 2 aromatic heterocycles. The smallest absolute Gasteiger partial charge is 0.277 e. The zero-order valence-corrected chi connectivity index (χ0v) is 11.9. The molecular weight excluding hydrogens is 311 g/mol. The van der Waals surface area contributed by atoms with E-state index in [1.165, 1.54) is 29.3 Å². The number of amides is 1. The van der Waals surface area contributed by atoms with Gasteiger partial charge in [0.05, 0.1) is 17.8 Å². The molecule has 0 aliphatic heterocycles. The number of nitrogens with one attached hydrogen (secondary N) is 2. The van der Waals surface area contributed by atoms with Crippen LogP contribution in [0.1, 0.15) is 16.1 Å². The summed E-state index contributed by atoms with van der Waals surface area (Å²) in [5.41, 5.74) is 0.998. The number of carbonyl (C=O) groups excluding carboxylic acids is 1. The maximum atomic E-state index is 12.8. The lowest BCUT2D eigenvalue weighted by atomic mass is 10.2. The first-order valence-corrected chi connectivity index (χ1v) is 6.64. The fourth-order valence-electron chi connectivity index (χ4n) is 1.80. The molecule has 0 atom stereocenters. The summed E-state index contributed by atoms with van der Waals surface area (Å²) >= 11 is 5.79. The second-order valence-corrected chi connectivity index (χ2v) is 4.85. The van der Waals surface area contributed by atoms with Gasteiger partial charge in [0.1, 0.15) is 17.8 Å². The van der Waals surface area contributed by atoms with Crippen molar-refractivity contribution in [2.24, 2.45) is 0 Å². The highest BCUT2D eigenvalue weighted by atomic mass is 35.5. The van der Waals surface area contributed by atoms with Crippen LogP contribution in [0.3, 0.4) is 0 Å². The SMILES string of the molecule is O=C(Nc1ncn(Cc2ccc(F)cc2)n1)c1[nH]ncc1Cl. The van der Waals surface area contributed by atoms with Gasteiger partial charge in [0, 0.05) is 0 Å². The topological polar surface area (TPSA) is 88.5 Å². The molecule has 0 aliphatic carbocycles. The molecule has 0 bridgehead atoms. The van der Waals surface area contributed by atoms with Crippen LogP contribution in [0, 0.1) is 5.82 Å². The van der Waals surface area contributed by atoms with Crippen LogP contribution >= 0.6 is 11.6 Å². The molecule has 22 heavy (non-hydrogen) atoms. The zero-order chi connectivity index (χ0) is 15.5. The summed E-state index contributed by atoms with van der Waals surface area (Å²) in [7, 11) is 0. The summed E-state index contributed by atoms with van der Waals surface area (Å²) < 4.78 is 14.4. The van der Waals surface area contributed by atoms with Crippen molar-refractivity contribution < 1.29 is 9.18 Å². The lowest BCUT2D eigenvalue weighted by Gasteiger charge is -2.01. The summed E-state index contributed by atoms with van der Waals surface area (Å²) in [5.74, 6) is -0.647. The molecule has 1 aromatic carbocycles. The first-order chi connectivity index (χ1) is 10.6. The molecule has 9 heteroatoms. The second-order valence-electron chi connectivity index (χ2n) is 4.44. The van der Waals surface area contributed by atoms with Crippen LogP contribution in [0.2, 0.25) is 5.02 Å². The summed E-state index contributed by atoms with van der Waals surface area (Å²) in [6.45, 7) is 0.411. The molecule has 7 nitrogen and oxygen atoms in total. The third-order valence-corrected chi connectivity index (χ3v) is 3.13. The van der Waals surface area contributed by atoms with E-state index >= 15 is 0 Å². The van der Waals surface area contributed by atoms with E-state index in [0.29, 0.717) is 6.54 Å². The molecule has 2 heterocycles. The van der Waals surface area contributed by atoms with Crippen molar-refractivity contribution in [2.45, 2.75) is 6.54 Å². The Balaban J connectivity index is 1.67. The minimum absolute atomic E-state index is 0.136. The number of rotatable bonds is 4. The van der Waals surface area contributed by atoms with Crippen LogP contribution in [0.4, 0.5) is 10.3 Å². The summed E-state index contributed by atoms with van der Waals surface area (Å²) in [6, 6.07) is 6.05. The van der Waals surface area contributed by atoms with Crippen LogP contribution in [-0.2, 0) is 6.54 Å². The highest BCUT2D eigenvalue weighted by molar-refractivity contribution is 6.33. The van der Waals surface area contributed by atoms with Gasteiger partial charge in [0.15, 0.2) is 0 Å². The van der Waals surface area contributed by atoms with E-state index < -0.39 is 5.91 Å². The molecule has 0 radical (unpaired) electrons. The summed E-state index contributed by atoms with van der Waals surface area (Å²) in [6.07, 6.45) is 2.80.